The topological polar surface area (TPSA) is 134 Å². The first-order valence-corrected chi connectivity index (χ1v) is 22.9. The van der Waals surface area contributed by atoms with Crippen LogP contribution in [0.3, 0.4) is 0 Å². The SMILES string of the molecule is CCCCCC=CCC=CCC=CCC=CCC=CCCC(=O)OC[C@H](COP(=O)(O)OCCN)OC(=O)CCCC=CCC=CCC=CCC=CCCCCC. The molecule has 0 bridgehead atoms. The molecule has 10 heteroatoms. The number of hydrogen-bond acceptors (Lipinski definition) is 8. The van der Waals surface area contributed by atoms with Crippen molar-refractivity contribution >= 4 is 19.8 Å². The molecule has 0 aliphatic heterocycles. The highest BCUT2D eigenvalue weighted by Crippen LogP contribution is 2.43. The fraction of sp³-hybridized carbons (Fsp3) is 0.574. The maximum atomic E-state index is 12.5. The van der Waals surface area contributed by atoms with Gasteiger partial charge in [-0.15, -0.1) is 0 Å². The predicted octanol–water partition coefficient (Wildman–Crippen LogP) is 12.4. The van der Waals surface area contributed by atoms with E-state index in [-0.39, 0.29) is 32.6 Å². The molecule has 1 unspecified atom stereocenters. The molecule has 0 aliphatic carbocycles. The van der Waals surface area contributed by atoms with Gasteiger partial charge in [0.15, 0.2) is 6.10 Å². The zero-order chi connectivity index (χ0) is 41.8. The van der Waals surface area contributed by atoms with Crippen LogP contribution in [0.15, 0.2) is 109 Å². The molecule has 0 aromatic heterocycles. The first-order valence-electron chi connectivity index (χ1n) is 21.4. The molecule has 0 spiro atoms. The zero-order valence-corrected chi connectivity index (χ0v) is 36.2. The van der Waals surface area contributed by atoms with E-state index in [9.17, 15) is 19.0 Å². The van der Waals surface area contributed by atoms with Crippen LogP contribution in [0.5, 0.6) is 0 Å². The van der Waals surface area contributed by atoms with Gasteiger partial charge in [-0.05, 0) is 89.9 Å². The summed E-state index contributed by atoms with van der Waals surface area (Å²) in [5.74, 6) is -1.00. The fourth-order valence-electron chi connectivity index (χ4n) is 4.96. The Morgan fingerprint density at radius 3 is 1.35 bits per heavy atom. The quantitative estimate of drug-likeness (QED) is 0.0270. The van der Waals surface area contributed by atoms with Crippen LogP contribution in [0.25, 0.3) is 0 Å². The average molecular weight is 814 g/mol. The summed E-state index contributed by atoms with van der Waals surface area (Å²) in [4.78, 5) is 34.8. The Morgan fingerprint density at radius 2 is 0.930 bits per heavy atom. The third-order valence-corrected chi connectivity index (χ3v) is 9.13. The van der Waals surface area contributed by atoms with Crippen LogP contribution < -0.4 is 5.73 Å². The molecule has 0 aromatic carbocycles. The van der Waals surface area contributed by atoms with Crippen molar-refractivity contribution in [1.29, 1.82) is 0 Å². The number of esters is 2. The molecule has 9 nitrogen and oxygen atoms in total. The summed E-state index contributed by atoms with van der Waals surface area (Å²) in [6, 6.07) is 0. The van der Waals surface area contributed by atoms with Gasteiger partial charge in [-0.3, -0.25) is 18.6 Å². The second kappa shape index (κ2) is 42.3. The molecule has 0 heterocycles. The van der Waals surface area contributed by atoms with Crippen molar-refractivity contribution in [2.75, 3.05) is 26.4 Å². The molecular formula is C47H76NO8P. The first kappa shape index (κ1) is 53.7. The fourth-order valence-corrected chi connectivity index (χ4v) is 5.73. The minimum absolute atomic E-state index is 0.0292. The Labute approximate surface area is 346 Å². The Hall–Kier alpha value is -3.33. The van der Waals surface area contributed by atoms with Crippen molar-refractivity contribution in [3.8, 4) is 0 Å². The summed E-state index contributed by atoms with van der Waals surface area (Å²) >= 11 is 0. The molecule has 57 heavy (non-hydrogen) atoms. The Bertz CT molecular complexity index is 1290. The molecule has 2 atom stereocenters. The Balaban J connectivity index is 4.41. The van der Waals surface area contributed by atoms with Gasteiger partial charge in [-0.2, -0.15) is 0 Å². The lowest BCUT2D eigenvalue weighted by Crippen LogP contribution is -2.29. The summed E-state index contributed by atoms with van der Waals surface area (Å²) in [5.41, 5.74) is 5.34. The molecule has 0 fully saturated rings. The van der Waals surface area contributed by atoms with Crippen molar-refractivity contribution in [3.05, 3.63) is 109 Å². The summed E-state index contributed by atoms with van der Waals surface area (Å²) in [5, 5.41) is 0. The van der Waals surface area contributed by atoms with E-state index in [4.69, 9.17) is 24.3 Å². The van der Waals surface area contributed by atoms with E-state index in [1.165, 1.54) is 44.9 Å². The largest absolute Gasteiger partial charge is 0.472 e. The van der Waals surface area contributed by atoms with E-state index in [1.54, 1.807) is 0 Å². The standard InChI is InChI=1S/C47H76NO8P/c1-3-5-7-9-11-13-15-17-19-21-22-24-25-27-29-31-33-35-37-39-46(49)53-43-45(44-55-57(51,52)54-42-41-48)56-47(50)40-38-36-34-32-30-28-26-23-20-18-16-14-12-10-8-6-4-2/h11-14,17-20,22,24,26-29,32-35,45H,3-10,15-16,21,23,25,30-31,36-44,48H2,1-2H3,(H,51,52)/t45-/m1/s1. The lowest BCUT2D eigenvalue weighted by molar-refractivity contribution is -0.161. The highest BCUT2D eigenvalue weighted by atomic mass is 31.2. The molecular weight excluding hydrogens is 737 g/mol. The van der Waals surface area contributed by atoms with Crippen molar-refractivity contribution < 1.29 is 37.6 Å². The predicted molar refractivity (Wildman–Crippen MR) is 238 cm³/mol. The van der Waals surface area contributed by atoms with Crippen molar-refractivity contribution in [2.24, 2.45) is 5.73 Å². The lowest BCUT2D eigenvalue weighted by atomic mass is 10.2. The molecule has 0 saturated heterocycles. The number of carbonyl (C=O) groups excluding carboxylic acids is 2. The van der Waals surface area contributed by atoms with Crippen molar-refractivity contribution in [1.82, 2.24) is 0 Å². The van der Waals surface area contributed by atoms with Crippen molar-refractivity contribution in [2.45, 2.75) is 148 Å². The number of allylic oxidation sites excluding steroid dienone is 18. The van der Waals surface area contributed by atoms with Gasteiger partial charge in [-0.25, -0.2) is 4.57 Å². The number of hydrogen-bond donors (Lipinski definition) is 2. The van der Waals surface area contributed by atoms with Gasteiger partial charge < -0.3 is 20.1 Å². The van der Waals surface area contributed by atoms with Gasteiger partial charge in [0.1, 0.15) is 6.61 Å². The minimum Gasteiger partial charge on any atom is -0.462 e. The third-order valence-electron chi connectivity index (χ3n) is 8.14. The minimum atomic E-state index is -4.42. The van der Waals surface area contributed by atoms with Crippen LogP contribution in [0.4, 0.5) is 0 Å². The second-order valence-electron chi connectivity index (χ2n) is 13.5. The molecule has 0 amide bonds. The van der Waals surface area contributed by atoms with E-state index in [0.717, 1.165) is 51.4 Å². The van der Waals surface area contributed by atoms with Gasteiger partial charge in [-0.1, -0.05) is 149 Å². The van der Waals surface area contributed by atoms with Gasteiger partial charge in [0.05, 0.1) is 13.2 Å². The lowest BCUT2D eigenvalue weighted by Gasteiger charge is -2.19. The number of phosphoric ester groups is 1. The second-order valence-corrected chi connectivity index (χ2v) is 14.9. The van der Waals surface area contributed by atoms with E-state index >= 15 is 0 Å². The van der Waals surface area contributed by atoms with Gasteiger partial charge in [0, 0.05) is 19.4 Å². The molecule has 322 valence electrons. The van der Waals surface area contributed by atoms with Crippen LogP contribution >= 0.6 is 7.82 Å². The summed E-state index contributed by atoms with van der Waals surface area (Å²) in [7, 11) is -4.42. The number of ether oxygens (including phenoxy) is 2. The highest BCUT2D eigenvalue weighted by Gasteiger charge is 2.25. The van der Waals surface area contributed by atoms with Crippen LogP contribution in [-0.4, -0.2) is 49.3 Å². The third kappa shape index (κ3) is 42.1. The molecule has 0 aromatic rings. The molecule has 0 aliphatic rings. The van der Waals surface area contributed by atoms with E-state index < -0.39 is 32.5 Å². The number of unbranched alkanes of at least 4 members (excludes halogenated alkanes) is 7. The number of nitrogens with two attached hydrogens (primary N) is 1. The Kier molecular flexibility index (Phi) is 39.8. The summed E-state index contributed by atoms with van der Waals surface area (Å²) < 4.78 is 32.6. The monoisotopic (exact) mass is 814 g/mol. The molecule has 0 saturated carbocycles. The highest BCUT2D eigenvalue weighted by molar-refractivity contribution is 7.47. The Morgan fingerprint density at radius 1 is 0.526 bits per heavy atom. The maximum absolute atomic E-state index is 12.5. The first-order chi connectivity index (χ1) is 27.8. The zero-order valence-electron chi connectivity index (χ0n) is 35.3. The number of carbonyl (C=O) groups is 2. The smallest absolute Gasteiger partial charge is 0.462 e. The molecule has 0 radical (unpaired) electrons. The van der Waals surface area contributed by atoms with E-state index in [0.29, 0.717) is 19.3 Å². The van der Waals surface area contributed by atoms with Crippen LogP contribution in [0.2, 0.25) is 0 Å². The normalized spacial score (nSPS) is 14.4. The summed E-state index contributed by atoms with van der Waals surface area (Å²) in [6.45, 7) is 3.49. The molecule has 3 N–H and O–H groups in total. The van der Waals surface area contributed by atoms with Gasteiger partial charge in [0.25, 0.3) is 0 Å². The van der Waals surface area contributed by atoms with Crippen LogP contribution in [-0.2, 0) is 32.7 Å². The number of phosphoric acid groups is 1. The maximum Gasteiger partial charge on any atom is 0.472 e. The molecule has 0 rings (SSSR count). The van der Waals surface area contributed by atoms with E-state index in [1.807, 2.05) is 18.2 Å². The average Bonchev–Trinajstić information content (AvgIpc) is 3.20. The van der Waals surface area contributed by atoms with Crippen molar-refractivity contribution in [3.63, 3.8) is 0 Å². The summed E-state index contributed by atoms with van der Waals surface area (Å²) in [6.07, 6.45) is 55.7. The van der Waals surface area contributed by atoms with E-state index in [2.05, 4.69) is 105 Å². The number of rotatable bonds is 38. The van der Waals surface area contributed by atoms with Gasteiger partial charge >= 0.3 is 19.8 Å². The van der Waals surface area contributed by atoms with Crippen LogP contribution in [0, 0.1) is 0 Å². The van der Waals surface area contributed by atoms with Crippen LogP contribution in [0.1, 0.15) is 142 Å². The van der Waals surface area contributed by atoms with Gasteiger partial charge in [0.2, 0.25) is 0 Å².